The largest absolute Gasteiger partial charge is 0.504 e. The van der Waals surface area contributed by atoms with Gasteiger partial charge in [0.15, 0.2) is 11.5 Å². The summed E-state index contributed by atoms with van der Waals surface area (Å²) >= 11 is 0. The molecule has 0 saturated heterocycles. The number of pyridine rings is 2. The van der Waals surface area contributed by atoms with Crippen molar-refractivity contribution in [2.75, 3.05) is 7.11 Å². The Kier molecular flexibility index (Phi) is 6.18. The van der Waals surface area contributed by atoms with E-state index < -0.39 is 11.9 Å². The fourth-order valence-electron chi connectivity index (χ4n) is 2.98. The Balaban J connectivity index is 1.79. The molecule has 144 valence electrons. The van der Waals surface area contributed by atoms with Crippen molar-refractivity contribution >= 4 is 5.91 Å². The van der Waals surface area contributed by atoms with Crippen molar-refractivity contribution in [3.05, 3.63) is 83.4 Å². The van der Waals surface area contributed by atoms with Crippen LogP contribution in [0, 0.1) is 0 Å². The maximum atomic E-state index is 12.0. The second-order valence-corrected chi connectivity index (χ2v) is 6.32. The first-order chi connectivity index (χ1) is 13.6. The van der Waals surface area contributed by atoms with Gasteiger partial charge in [-0.15, -0.1) is 0 Å². The molecule has 0 aliphatic rings. The first-order valence-electron chi connectivity index (χ1n) is 8.78. The van der Waals surface area contributed by atoms with E-state index in [4.69, 9.17) is 10.5 Å². The summed E-state index contributed by atoms with van der Waals surface area (Å²) in [6.45, 7) is 0.430. The third-order valence-electron chi connectivity index (χ3n) is 4.47. The highest BCUT2D eigenvalue weighted by Crippen LogP contribution is 2.29. The van der Waals surface area contributed by atoms with Crippen LogP contribution in [0.15, 0.2) is 61.2 Å². The Morgan fingerprint density at radius 2 is 1.89 bits per heavy atom. The number of aromatic hydroxyl groups is 1. The van der Waals surface area contributed by atoms with E-state index in [1.807, 2.05) is 24.4 Å². The van der Waals surface area contributed by atoms with Crippen LogP contribution in [0.1, 0.15) is 28.3 Å². The predicted molar refractivity (Wildman–Crippen MR) is 105 cm³/mol. The number of ether oxygens (including phenoxy) is 1. The van der Waals surface area contributed by atoms with Crippen LogP contribution >= 0.6 is 0 Å². The van der Waals surface area contributed by atoms with Crippen molar-refractivity contribution in [1.82, 2.24) is 15.3 Å². The van der Waals surface area contributed by atoms with Crippen molar-refractivity contribution in [2.45, 2.75) is 19.0 Å². The summed E-state index contributed by atoms with van der Waals surface area (Å²) in [6, 6.07) is 9.83. The summed E-state index contributed by atoms with van der Waals surface area (Å²) in [5.74, 6) is -0.228. The van der Waals surface area contributed by atoms with Gasteiger partial charge in [-0.1, -0.05) is 6.07 Å². The van der Waals surface area contributed by atoms with Crippen LogP contribution < -0.4 is 15.8 Å². The number of nitrogens with zero attached hydrogens (tertiary/aromatic N) is 2. The molecule has 2 heterocycles. The molecule has 7 nitrogen and oxygen atoms in total. The van der Waals surface area contributed by atoms with E-state index >= 15 is 0 Å². The molecule has 1 amide bonds. The van der Waals surface area contributed by atoms with E-state index in [-0.39, 0.29) is 11.5 Å². The van der Waals surface area contributed by atoms with Gasteiger partial charge in [-0.25, -0.2) is 0 Å². The Hall–Kier alpha value is -3.45. The van der Waals surface area contributed by atoms with Crippen molar-refractivity contribution in [3.63, 3.8) is 0 Å². The van der Waals surface area contributed by atoms with Gasteiger partial charge in [-0.2, -0.15) is 0 Å². The van der Waals surface area contributed by atoms with Crippen LogP contribution in [0.3, 0.4) is 0 Å². The summed E-state index contributed by atoms with van der Waals surface area (Å²) in [7, 11) is 1.45. The number of hydrogen-bond acceptors (Lipinski definition) is 6. The molecule has 1 atom stereocenters. The zero-order valence-corrected chi connectivity index (χ0v) is 15.5. The van der Waals surface area contributed by atoms with Crippen LogP contribution in [0.2, 0.25) is 0 Å². The van der Waals surface area contributed by atoms with E-state index in [9.17, 15) is 9.90 Å². The fourth-order valence-corrected chi connectivity index (χ4v) is 2.98. The lowest BCUT2D eigenvalue weighted by molar-refractivity contribution is -0.120. The van der Waals surface area contributed by atoms with Crippen LogP contribution in [-0.4, -0.2) is 28.1 Å². The second kappa shape index (κ2) is 8.96. The third-order valence-corrected chi connectivity index (χ3v) is 4.47. The molecule has 2 aromatic heterocycles. The van der Waals surface area contributed by atoms with Gasteiger partial charge in [0.1, 0.15) is 6.04 Å². The minimum Gasteiger partial charge on any atom is -0.504 e. The number of nitrogens with one attached hydrogen (secondary N) is 1. The van der Waals surface area contributed by atoms with Crippen LogP contribution in [0.25, 0.3) is 0 Å². The minimum absolute atomic E-state index is 0.00300. The van der Waals surface area contributed by atoms with Gasteiger partial charge in [0.25, 0.3) is 0 Å². The minimum atomic E-state index is -0.726. The number of phenolic OH excluding ortho intramolecular Hbond substituents is 1. The molecule has 0 bridgehead atoms. The predicted octanol–water partition coefficient (Wildman–Crippen LogP) is 2.10. The highest BCUT2D eigenvalue weighted by Gasteiger charge is 2.19. The molecule has 3 rings (SSSR count). The average molecular weight is 378 g/mol. The molecule has 0 radical (unpaired) electrons. The van der Waals surface area contributed by atoms with Gasteiger partial charge in [0.05, 0.1) is 7.11 Å². The van der Waals surface area contributed by atoms with E-state index in [0.29, 0.717) is 18.5 Å². The number of methoxy groups -OCH3 is 1. The van der Waals surface area contributed by atoms with Crippen LogP contribution in [-0.2, 0) is 17.8 Å². The molecule has 3 aromatic rings. The molecule has 0 spiro atoms. The van der Waals surface area contributed by atoms with Crippen molar-refractivity contribution in [1.29, 1.82) is 0 Å². The second-order valence-electron chi connectivity index (χ2n) is 6.32. The summed E-state index contributed by atoms with van der Waals surface area (Å²) in [6.07, 6.45) is 7.76. The molecule has 28 heavy (non-hydrogen) atoms. The number of benzene rings is 1. The Morgan fingerprint density at radius 3 is 2.61 bits per heavy atom. The lowest BCUT2D eigenvalue weighted by Crippen LogP contribution is -2.33. The molecule has 0 aliphatic heterocycles. The van der Waals surface area contributed by atoms with E-state index in [0.717, 1.165) is 16.7 Å². The summed E-state index contributed by atoms with van der Waals surface area (Å²) < 4.78 is 5.12. The van der Waals surface area contributed by atoms with Gasteiger partial charge < -0.3 is 15.6 Å². The fraction of sp³-hybridized carbons (Fsp3) is 0.190. The number of nitrogens with two attached hydrogens (primary N) is 1. The van der Waals surface area contributed by atoms with Gasteiger partial charge >= 0.3 is 0 Å². The number of aromatic nitrogens is 2. The zero-order chi connectivity index (χ0) is 19.9. The average Bonchev–Trinajstić information content (AvgIpc) is 2.71. The lowest BCUT2D eigenvalue weighted by Gasteiger charge is -2.18. The Labute approximate surface area is 163 Å². The summed E-state index contributed by atoms with van der Waals surface area (Å²) in [5, 5.41) is 13.0. The van der Waals surface area contributed by atoms with E-state index in [1.165, 1.54) is 13.2 Å². The van der Waals surface area contributed by atoms with Crippen molar-refractivity contribution in [3.8, 4) is 11.5 Å². The highest BCUT2D eigenvalue weighted by atomic mass is 16.5. The molecule has 1 unspecified atom stereocenters. The number of hydrogen-bond donors (Lipinski definition) is 3. The van der Waals surface area contributed by atoms with Gasteiger partial charge in [0.2, 0.25) is 5.91 Å². The third kappa shape index (κ3) is 4.63. The highest BCUT2D eigenvalue weighted by molar-refractivity contribution is 5.81. The topological polar surface area (TPSA) is 110 Å². The van der Waals surface area contributed by atoms with E-state index in [2.05, 4.69) is 15.3 Å². The monoisotopic (exact) mass is 378 g/mol. The first-order valence-corrected chi connectivity index (χ1v) is 8.78. The van der Waals surface area contributed by atoms with Gasteiger partial charge in [-0.05, 0) is 59.0 Å². The number of phenols is 1. The van der Waals surface area contributed by atoms with Crippen molar-refractivity contribution < 1.29 is 14.6 Å². The normalized spacial score (nSPS) is 11.8. The maximum absolute atomic E-state index is 12.0. The smallest absolute Gasteiger partial charge is 0.239 e. The SMILES string of the molecule is COc1cc(C(NCc2ccncc2Cc2ccncc2)C(N)=O)ccc1O. The summed E-state index contributed by atoms with van der Waals surface area (Å²) in [5.41, 5.74) is 9.41. The molecule has 4 N–H and O–H groups in total. The van der Waals surface area contributed by atoms with Crippen LogP contribution in [0.5, 0.6) is 11.5 Å². The van der Waals surface area contributed by atoms with Crippen LogP contribution in [0.4, 0.5) is 0 Å². The summed E-state index contributed by atoms with van der Waals surface area (Å²) in [4.78, 5) is 20.3. The quantitative estimate of drug-likeness (QED) is 0.554. The Morgan fingerprint density at radius 1 is 1.14 bits per heavy atom. The molecular weight excluding hydrogens is 356 g/mol. The Bertz CT molecular complexity index is 947. The van der Waals surface area contributed by atoms with Crippen molar-refractivity contribution in [2.24, 2.45) is 5.73 Å². The lowest BCUT2D eigenvalue weighted by atomic mass is 10.0. The number of rotatable bonds is 8. The zero-order valence-electron chi connectivity index (χ0n) is 15.5. The van der Waals surface area contributed by atoms with Gasteiger partial charge in [0, 0.05) is 31.3 Å². The molecular formula is C21H22N4O3. The molecule has 0 fully saturated rings. The first kappa shape index (κ1) is 19.3. The number of primary amides is 1. The molecule has 7 heteroatoms. The van der Waals surface area contributed by atoms with Gasteiger partial charge in [-0.3, -0.25) is 20.1 Å². The molecule has 0 aliphatic carbocycles. The number of amides is 1. The number of carbonyl (C=O) groups is 1. The number of carbonyl (C=O) groups excluding carboxylic acids is 1. The maximum Gasteiger partial charge on any atom is 0.239 e. The molecule has 0 saturated carbocycles. The standard InChI is InChI=1S/C21H22N4O3/c1-28-19-11-15(2-3-18(19)26)20(21(22)27)25-13-16-6-9-24-12-17(16)10-14-4-7-23-8-5-14/h2-9,11-12,20,25-26H,10,13H2,1H3,(H2,22,27). The molecule has 1 aromatic carbocycles. The van der Waals surface area contributed by atoms with E-state index in [1.54, 1.807) is 30.7 Å².